The molecule has 0 radical (unpaired) electrons. The molecule has 0 saturated heterocycles. The minimum Gasteiger partial charge on any atom is -0.409 e. The zero-order valence-electron chi connectivity index (χ0n) is 11.0. The highest BCUT2D eigenvalue weighted by molar-refractivity contribution is 5.82. The number of fused-ring (bicyclic) bond motifs is 1. The fourth-order valence-corrected chi connectivity index (χ4v) is 2.02. The van der Waals surface area contributed by atoms with Crippen molar-refractivity contribution in [1.82, 2.24) is 9.88 Å². The van der Waals surface area contributed by atoms with Crippen LogP contribution < -0.4 is 5.73 Å². The van der Waals surface area contributed by atoms with Crippen LogP contribution in [0, 0.1) is 0 Å². The van der Waals surface area contributed by atoms with Gasteiger partial charge >= 0.3 is 0 Å². The van der Waals surface area contributed by atoms with E-state index in [9.17, 15) is 0 Å². The first-order valence-electron chi connectivity index (χ1n) is 6.18. The predicted molar refractivity (Wildman–Crippen MR) is 76.1 cm³/mol. The second kappa shape index (κ2) is 6.15. The molecule has 19 heavy (non-hydrogen) atoms. The van der Waals surface area contributed by atoms with Crippen LogP contribution in [0.3, 0.4) is 0 Å². The Morgan fingerprint density at radius 1 is 1.37 bits per heavy atom. The maximum atomic E-state index is 8.51. The molecule has 0 amide bonds. The van der Waals surface area contributed by atoms with E-state index in [1.54, 1.807) is 0 Å². The summed E-state index contributed by atoms with van der Waals surface area (Å²) in [7, 11) is 2.01. The number of pyridine rings is 1. The first-order valence-corrected chi connectivity index (χ1v) is 6.18. The summed E-state index contributed by atoms with van der Waals surface area (Å²) >= 11 is 0. The second-order valence-electron chi connectivity index (χ2n) is 4.57. The summed E-state index contributed by atoms with van der Waals surface area (Å²) in [6.07, 6.45) is 2.38. The summed E-state index contributed by atoms with van der Waals surface area (Å²) in [5, 5.41) is 12.7. The van der Waals surface area contributed by atoms with Crippen LogP contribution in [-0.4, -0.2) is 34.5 Å². The lowest BCUT2D eigenvalue weighted by atomic mass is 10.1. The van der Waals surface area contributed by atoms with E-state index in [0.717, 1.165) is 18.6 Å². The van der Waals surface area contributed by atoms with Gasteiger partial charge in [0.1, 0.15) is 5.84 Å². The molecule has 0 unspecified atom stereocenters. The normalized spacial score (nSPS) is 12.2. The average Bonchev–Trinajstić information content (AvgIpc) is 2.45. The minimum atomic E-state index is 0.256. The molecule has 3 N–H and O–H groups in total. The first kappa shape index (κ1) is 13.3. The van der Waals surface area contributed by atoms with Crippen molar-refractivity contribution in [3.05, 3.63) is 42.1 Å². The lowest BCUT2D eigenvalue weighted by Gasteiger charge is -2.17. The van der Waals surface area contributed by atoms with E-state index in [-0.39, 0.29) is 5.84 Å². The van der Waals surface area contributed by atoms with Crippen molar-refractivity contribution in [1.29, 1.82) is 0 Å². The molecule has 1 aromatic heterocycles. The van der Waals surface area contributed by atoms with Gasteiger partial charge in [-0.15, -0.1) is 0 Å². The molecule has 1 heterocycles. The van der Waals surface area contributed by atoms with Crippen LogP contribution in [-0.2, 0) is 6.54 Å². The number of nitrogens with two attached hydrogens (primary N) is 1. The molecule has 0 fully saturated rings. The van der Waals surface area contributed by atoms with Gasteiger partial charge in [-0.3, -0.25) is 4.98 Å². The van der Waals surface area contributed by atoms with Gasteiger partial charge < -0.3 is 15.8 Å². The summed E-state index contributed by atoms with van der Waals surface area (Å²) in [6, 6.07) is 10.1. The third-order valence-corrected chi connectivity index (χ3v) is 3.06. The van der Waals surface area contributed by atoms with E-state index in [2.05, 4.69) is 21.1 Å². The van der Waals surface area contributed by atoms with Crippen molar-refractivity contribution in [3.63, 3.8) is 0 Å². The highest BCUT2D eigenvalue weighted by Gasteiger charge is 2.05. The van der Waals surface area contributed by atoms with E-state index >= 15 is 0 Å². The maximum Gasteiger partial charge on any atom is 0.140 e. The molecule has 5 heteroatoms. The van der Waals surface area contributed by atoms with Crippen LogP contribution in [0.5, 0.6) is 0 Å². The smallest absolute Gasteiger partial charge is 0.140 e. The molecule has 100 valence electrons. The van der Waals surface area contributed by atoms with Crippen molar-refractivity contribution >= 4 is 16.7 Å². The number of hydrogen-bond donors (Lipinski definition) is 2. The van der Waals surface area contributed by atoms with Crippen molar-refractivity contribution in [2.24, 2.45) is 10.9 Å². The van der Waals surface area contributed by atoms with Crippen LogP contribution in [0.25, 0.3) is 10.9 Å². The maximum absolute atomic E-state index is 8.51. The summed E-state index contributed by atoms with van der Waals surface area (Å²) < 4.78 is 0. The van der Waals surface area contributed by atoms with E-state index in [4.69, 9.17) is 10.9 Å². The number of nitrogens with zero attached hydrogens (tertiary/aromatic N) is 3. The molecule has 0 aliphatic rings. The topological polar surface area (TPSA) is 74.7 Å². The highest BCUT2D eigenvalue weighted by Crippen LogP contribution is 2.17. The Labute approximate surface area is 112 Å². The number of amidine groups is 1. The fraction of sp³-hybridized carbons (Fsp3) is 0.286. The first-order chi connectivity index (χ1) is 9.20. The van der Waals surface area contributed by atoms with Crippen molar-refractivity contribution in [3.8, 4) is 0 Å². The van der Waals surface area contributed by atoms with Gasteiger partial charge in [-0.1, -0.05) is 23.4 Å². The molecule has 0 aliphatic heterocycles. The summed E-state index contributed by atoms with van der Waals surface area (Å²) in [4.78, 5) is 6.48. The van der Waals surface area contributed by atoms with E-state index in [0.29, 0.717) is 6.42 Å². The summed E-state index contributed by atoms with van der Waals surface area (Å²) in [6.45, 7) is 1.55. The van der Waals surface area contributed by atoms with Gasteiger partial charge in [0.15, 0.2) is 0 Å². The molecular weight excluding hydrogens is 240 g/mol. The van der Waals surface area contributed by atoms with Gasteiger partial charge in [-0.25, -0.2) is 0 Å². The third-order valence-electron chi connectivity index (χ3n) is 3.06. The third kappa shape index (κ3) is 3.42. The minimum absolute atomic E-state index is 0.256. The Kier molecular flexibility index (Phi) is 4.30. The van der Waals surface area contributed by atoms with Crippen LogP contribution in [0.4, 0.5) is 0 Å². The largest absolute Gasteiger partial charge is 0.409 e. The molecule has 1 aromatic carbocycles. The van der Waals surface area contributed by atoms with Gasteiger partial charge in [0.25, 0.3) is 0 Å². The Hall–Kier alpha value is -2.14. The lowest BCUT2D eigenvalue weighted by molar-refractivity contribution is 0.310. The monoisotopic (exact) mass is 258 g/mol. The highest BCUT2D eigenvalue weighted by atomic mass is 16.4. The number of benzene rings is 1. The van der Waals surface area contributed by atoms with E-state index in [1.807, 2.05) is 37.5 Å². The Morgan fingerprint density at radius 3 is 2.95 bits per heavy atom. The number of rotatable bonds is 5. The number of hydrogen-bond acceptors (Lipinski definition) is 4. The van der Waals surface area contributed by atoms with Gasteiger partial charge in [0.05, 0.1) is 5.52 Å². The van der Waals surface area contributed by atoms with Gasteiger partial charge in [0.2, 0.25) is 0 Å². The SMILES string of the molecule is CN(CCC(N)=NO)Cc1ccnc2ccccc12. The number of oxime groups is 1. The van der Waals surface area contributed by atoms with Crippen molar-refractivity contribution in [2.45, 2.75) is 13.0 Å². The van der Waals surface area contributed by atoms with Gasteiger partial charge in [0, 0.05) is 31.1 Å². The molecule has 0 spiro atoms. The fourth-order valence-electron chi connectivity index (χ4n) is 2.02. The Balaban J connectivity index is 2.08. The summed E-state index contributed by atoms with van der Waals surface area (Å²) in [5.41, 5.74) is 7.70. The molecule has 0 saturated carbocycles. The number of para-hydroxylation sites is 1. The van der Waals surface area contributed by atoms with Crippen LogP contribution in [0.2, 0.25) is 0 Å². The molecule has 2 aromatic rings. The molecule has 5 nitrogen and oxygen atoms in total. The van der Waals surface area contributed by atoms with Gasteiger partial charge in [-0.2, -0.15) is 0 Å². The molecule has 2 rings (SSSR count). The zero-order chi connectivity index (χ0) is 13.7. The zero-order valence-corrected chi connectivity index (χ0v) is 11.0. The van der Waals surface area contributed by atoms with Gasteiger partial charge in [-0.05, 0) is 24.7 Å². The van der Waals surface area contributed by atoms with Crippen LogP contribution >= 0.6 is 0 Å². The van der Waals surface area contributed by atoms with Crippen LogP contribution in [0.1, 0.15) is 12.0 Å². The molecule has 0 atom stereocenters. The standard InChI is InChI=1S/C14H18N4O/c1-18(9-7-14(15)17-19)10-11-6-8-16-13-5-3-2-4-12(11)13/h2-6,8,19H,7,9-10H2,1H3,(H2,15,17). The molecule has 0 bridgehead atoms. The predicted octanol–water partition coefficient (Wildman–Crippen LogP) is 1.80. The van der Waals surface area contributed by atoms with E-state index < -0.39 is 0 Å². The molecule has 0 aliphatic carbocycles. The lowest BCUT2D eigenvalue weighted by Crippen LogP contribution is -2.24. The Morgan fingerprint density at radius 2 is 2.16 bits per heavy atom. The van der Waals surface area contributed by atoms with E-state index in [1.165, 1.54) is 10.9 Å². The van der Waals surface area contributed by atoms with Crippen LogP contribution in [0.15, 0.2) is 41.7 Å². The Bertz CT molecular complexity index is 577. The number of aromatic nitrogens is 1. The second-order valence-corrected chi connectivity index (χ2v) is 4.57. The van der Waals surface area contributed by atoms with Crippen molar-refractivity contribution < 1.29 is 5.21 Å². The summed E-state index contributed by atoms with van der Waals surface area (Å²) in [5.74, 6) is 0.256. The average molecular weight is 258 g/mol. The van der Waals surface area contributed by atoms with Crippen molar-refractivity contribution in [2.75, 3.05) is 13.6 Å². The quantitative estimate of drug-likeness (QED) is 0.371. The molecular formula is C14H18N4O.